The fourth-order valence-corrected chi connectivity index (χ4v) is 2.01. The van der Waals surface area contributed by atoms with E-state index in [0.717, 1.165) is 45.0 Å². The molecule has 4 heteroatoms. The smallest absolute Gasteiger partial charge is 0.126 e. The number of hydrogen-bond acceptors (Lipinski definition) is 4. The molecule has 0 fully saturated rings. The van der Waals surface area contributed by atoms with Crippen LogP contribution in [0.2, 0.25) is 0 Å². The fourth-order valence-electron chi connectivity index (χ4n) is 2.01. The number of ether oxygens (including phenoxy) is 2. The van der Waals surface area contributed by atoms with Gasteiger partial charge in [0.2, 0.25) is 0 Å². The van der Waals surface area contributed by atoms with Crippen LogP contribution in [0.3, 0.4) is 0 Å². The van der Waals surface area contributed by atoms with E-state index in [-0.39, 0.29) is 0 Å². The van der Waals surface area contributed by atoms with Gasteiger partial charge in [0, 0.05) is 32.3 Å². The van der Waals surface area contributed by atoms with Gasteiger partial charge in [-0.3, -0.25) is 0 Å². The second kappa shape index (κ2) is 9.75. The molecule has 0 amide bonds. The molecule has 1 N–H and O–H groups in total. The van der Waals surface area contributed by atoms with Gasteiger partial charge in [0.1, 0.15) is 5.75 Å². The maximum atomic E-state index is 5.98. The summed E-state index contributed by atoms with van der Waals surface area (Å²) in [5, 5.41) is 3.37. The van der Waals surface area contributed by atoms with Gasteiger partial charge in [-0.05, 0) is 33.0 Å². The normalized spacial score (nSPS) is 11.1. The molecule has 1 rings (SSSR count). The third-order valence-electron chi connectivity index (χ3n) is 3.09. The molecule has 0 saturated heterocycles. The summed E-state index contributed by atoms with van der Waals surface area (Å²) in [6.07, 6.45) is 1.04. The van der Waals surface area contributed by atoms with Crippen LogP contribution in [-0.4, -0.2) is 52.4 Å². The van der Waals surface area contributed by atoms with Gasteiger partial charge in [-0.15, -0.1) is 0 Å². The molecular weight excluding hydrogens is 252 g/mol. The molecule has 0 unspecified atom stereocenters. The van der Waals surface area contributed by atoms with Crippen LogP contribution in [0.25, 0.3) is 0 Å². The quantitative estimate of drug-likeness (QED) is 0.665. The molecule has 0 bridgehead atoms. The van der Waals surface area contributed by atoms with Gasteiger partial charge < -0.3 is 19.7 Å². The number of benzene rings is 1. The first-order valence-electron chi connectivity index (χ1n) is 7.21. The van der Waals surface area contributed by atoms with Crippen molar-refractivity contribution in [3.63, 3.8) is 0 Å². The average molecular weight is 280 g/mol. The number of para-hydroxylation sites is 1. The Hall–Kier alpha value is -1.10. The van der Waals surface area contributed by atoms with Crippen LogP contribution in [0.5, 0.6) is 5.75 Å². The Balaban J connectivity index is 2.49. The zero-order valence-corrected chi connectivity index (χ0v) is 13.2. The first kappa shape index (κ1) is 17.0. The summed E-state index contributed by atoms with van der Waals surface area (Å²) in [5.41, 5.74) is 2.41. The standard InChI is InChI=1S/C16H28N2O2/c1-14-7-5-8-15(13-17-9-12-19-4)16(14)20-11-6-10-18(2)3/h5,7-8,17H,6,9-13H2,1-4H3. The van der Waals surface area contributed by atoms with Crippen LogP contribution in [0.4, 0.5) is 0 Å². The van der Waals surface area contributed by atoms with Gasteiger partial charge in [0.15, 0.2) is 0 Å². The van der Waals surface area contributed by atoms with E-state index in [4.69, 9.17) is 9.47 Å². The number of nitrogens with zero attached hydrogens (tertiary/aromatic N) is 1. The summed E-state index contributed by atoms with van der Waals surface area (Å²) in [6.45, 7) is 6.30. The maximum absolute atomic E-state index is 5.98. The zero-order valence-electron chi connectivity index (χ0n) is 13.2. The molecule has 0 atom stereocenters. The predicted octanol–water partition coefficient (Wildman–Crippen LogP) is 2.06. The molecular formula is C16H28N2O2. The van der Waals surface area contributed by atoms with Gasteiger partial charge in [-0.1, -0.05) is 18.2 Å². The average Bonchev–Trinajstić information content (AvgIpc) is 2.41. The van der Waals surface area contributed by atoms with Gasteiger partial charge >= 0.3 is 0 Å². The lowest BCUT2D eigenvalue weighted by Crippen LogP contribution is -2.19. The molecule has 114 valence electrons. The number of hydrogen-bond donors (Lipinski definition) is 1. The van der Waals surface area contributed by atoms with Crippen molar-refractivity contribution < 1.29 is 9.47 Å². The molecule has 0 aliphatic carbocycles. The van der Waals surface area contributed by atoms with Crippen LogP contribution < -0.4 is 10.1 Å². The first-order chi connectivity index (χ1) is 9.65. The van der Waals surface area contributed by atoms with E-state index in [1.165, 1.54) is 11.1 Å². The van der Waals surface area contributed by atoms with Crippen LogP contribution in [0.15, 0.2) is 18.2 Å². The highest BCUT2D eigenvalue weighted by Gasteiger charge is 2.06. The lowest BCUT2D eigenvalue weighted by Gasteiger charge is -2.16. The molecule has 1 aromatic rings. The summed E-state index contributed by atoms with van der Waals surface area (Å²) in [7, 11) is 5.88. The van der Waals surface area contributed by atoms with E-state index >= 15 is 0 Å². The highest BCUT2D eigenvalue weighted by molar-refractivity contribution is 5.40. The Labute approximate surface area is 123 Å². The SMILES string of the molecule is COCCNCc1cccc(C)c1OCCCN(C)C. The Bertz CT molecular complexity index is 381. The fraction of sp³-hybridized carbons (Fsp3) is 0.625. The van der Waals surface area contributed by atoms with Crippen molar-refractivity contribution >= 4 is 0 Å². The van der Waals surface area contributed by atoms with Gasteiger partial charge in [-0.25, -0.2) is 0 Å². The topological polar surface area (TPSA) is 33.7 Å². The number of aryl methyl sites for hydroxylation is 1. The number of nitrogens with one attached hydrogen (secondary N) is 1. The lowest BCUT2D eigenvalue weighted by molar-refractivity contribution is 0.199. The van der Waals surface area contributed by atoms with Crippen molar-refractivity contribution in [2.75, 3.05) is 47.5 Å². The van der Waals surface area contributed by atoms with Crippen molar-refractivity contribution in [3.8, 4) is 5.75 Å². The minimum atomic E-state index is 0.727. The highest BCUT2D eigenvalue weighted by Crippen LogP contribution is 2.23. The monoisotopic (exact) mass is 280 g/mol. The highest BCUT2D eigenvalue weighted by atomic mass is 16.5. The summed E-state index contributed by atoms with van der Waals surface area (Å²) in [5.74, 6) is 1.02. The third kappa shape index (κ3) is 6.37. The van der Waals surface area contributed by atoms with Crippen LogP contribution in [0.1, 0.15) is 17.5 Å². The lowest BCUT2D eigenvalue weighted by atomic mass is 10.1. The molecule has 20 heavy (non-hydrogen) atoms. The van der Waals surface area contributed by atoms with Gasteiger partial charge in [-0.2, -0.15) is 0 Å². The molecule has 0 aliphatic heterocycles. The van der Waals surface area contributed by atoms with Crippen molar-refractivity contribution in [1.82, 2.24) is 10.2 Å². The van der Waals surface area contributed by atoms with E-state index < -0.39 is 0 Å². The van der Waals surface area contributed by atoms with Crippen LogP contribution in [-0.2, 0) is 11.3 Å². The van der Waals surface area contributed by atoms with Crippen LogP contribution >= 0.6 is 0 Å². The summed E-state index contributed by atoms with van der Waals surface area (Å²) < 4.78 is 11.0. The summed E-state index contributed by atoms with van der Waals surface area (Å²) in [6, 6.07) is 6.30. The van der Waals surface area contributed by atoms with Crippen LogP contribution in [0, 0.1) is 6.92 Å². The minimum absolute atomic E-state index is 0.727. The Kier molecular flexibility index (Phi) is 8.26. The van der Waals surface area contributed by atoms with E-state index in [1.807, 2.05) is 0 Å². The predicted molar refractivity (Wildman–Crippen MR) is 83.4 cm³/mol. The van der Waals surface area contributed by atoms with Gasteiger partial charge in [0.05, 0.1) is 13.2 Å². The molecule has 1 aromatic carbocycles. The van der Waals surface area contributed by atoms with E-state index in [0.29, 0.717) is 0 Å². The van der Waals surface area contributed by atoms with Crippen molar-refractivity contribution in [3.05, 3.63) is 29.3 Å². The van der Waals surface area contributed by atoms with E-state index in [9.17, 15) is 0 Å². The second-order valence-corrected chi connectivity index (χ2v) is 5.24. The molecule has 0 aliphatic rings. The largest absolute Gasteiger partial charge is 0.493 e. The minimum Gasteiger partial charge on any atom is -0.493 e. The number of methoxy groups -OCH3 is 1. The Morgan fingerprint density at radius 2 is 2.00 bits per heavy atom. The Morgan fingerprint density at radius 1 is 1.20 bits per heavy atom. The molecule has 0 aromatic heterocycles. The molecule has 0 radical (unpaired) electrons. The first-order valence-corrected chi connectivity index (χ1v) is 7.21. The van der Waals surface area contributed by atoms with Crippen molar-refractivity contribution in [1.29, 1.82) is 0 Å². The summed E-state index contributed by atoms with van der Waals surface area (Å²) in [4.78, 5) is 2.18. The summed E-state index contributed by atoms with van der Waals surface area (Å²) >= 11 is 0. The number of rotatable bonds is 10. The third-order valence-corrected chi connectivity index (χ3v) is 3.09. The second-order valence-electron chi connectivity index (χ2n) is 5.24. The van der Waals surface area contributed by atoms with Gasteiger partial charge in [0.25, 0.3) is 0 Å². The maximum Gasteiger partial charge on any atom is 0.126 e. The van der Waals surface area contributed by atoms with Crippen molar-refractivity contribution in [2.45, 2.75) is 19.9 Å². The Morgan fingerprint density at radius 3 is 2.70 bits per heavy atom. The van der Waals surface area contributed by atoms with E-state index in [2.05, 4.69) is 49.4 Å². The molecule has 0 heterocycles. The molecule has 0 saturated carbocycles. The molecule has 0 spiro atoms. The molecule has 4 nitrogen and oxygen atoms in total. The zero-order chi connectivity index (χ0) is 14.8. The van der Waals surface area contributed by atoms with E-state index in [1.54, 1.807) is 7.11 Å². The van der Waals surface area contributed by atoms with Crippen molar-refractivity contribution in [2.24, 2.45) is 0 Å².